The van der Waals surface area contributed by atoms with E-state index in [0.717, 1.165) is 24.7 Å². The van der Waals surface area contributed by atoms with Gasteiger partial charge >= 0.3 is 0 Å². The normalized spacial score (nSPS) is 17.0. The highest BCUT2D eigenvalue weighted by molar-refractivity contribution is 5.48. The minimum atomic E-state index is 0.0630. The molecule has 0 aromatic carbocycles. The average molecular weight is 233 g/mol. The van der Waals surface area contributed by atoms with Crippen molar-refractivity contribution in [3.63, 3.8) is 0 Å². The Kier molecular flexibility index (Phi) is 3.55. The van der Waals surface area contributed by atoms with Crippen LogP contribution in [0, 0.1) is 0 Å². The molecule has 1 saturated heterocycles. The maximum absolute atomic E-state index is 4.70. The van der Waals surface area contributed by atoms with Crippen molar-refractivity contribution in [2.75, 3.05) is 23.3 Å². The maximum Gasteiger partial charge on any atom is 0.130 e. The summed E-state index contributed by atoms with van der Waals surface area (Å²) < 4.78 is 0. The van der Waals surface area contributed by atoms with Gasteiger partial charge in [-0.3, -0.25) is 0 Å². The summed E-state index contributed by atoms with van der Waals surface area (Å²) in [6, 6.07) is 6.24. The fourth-order valence-corrected chi connectivity index (χ4v) is 2.18. The molecule has 1 aromatic heterocycles. The van der Waals surface area contributed by atoms with E-state index in [0.29, 0.717) is 0 Å². The number of piperidine rings is 1. The van der Waals surface area contributed by atoms with Crippen LogP contribution in [0.4, 0.5) is 11.6 Å². The summed E-state index contributed by atoms with van der Waals surface area (Å²) in [5, 5.41) is 3.42. The van der Waals surface area contributed by atoms with Crippen LogP contribution in [0.1, 0.15) is 40.0 Å². The van der Waals surface area contributed by atoms with Gasteiger partial charge in [-0.15, -0.1) is 0 Å². The van der Waals surface area contributed by atoms with E-state index in [9.17, 15) is 0 Å². The molecule has 2 rings (SSSR count). The lowest BCUT2D eigenvalue weighted by Gasteiger charge is -2.28. The Balaban J connectivity index is 2.10. The number of hydrogen-bond donors (Lipinski definition) is 1. The molecule has 1 N–H and O–H groups in total. The lowest BCUT2D eigenvalue weighted by Crippen LogP contribution is -2.31. The molecule has 0 amide bonds. The fraction of sp³-hybridized carbons (Fsp3) is 0.643. The van der Waals surface area contributed by atoms with E-state index < -0.39 is 0 Å². The quantitative estimate of drug-likeness (QED) is 0.849. The molecule has 0 saturated carbocycles. The summed E-state index contributed by atoms with van der Waals surface area (Å²) in [5.74, 6) is 2.08. The van der Waals surface area contributed by atoms with Crippen LogP contribution < -0.4 is 10.2 Å². The smallest absolute Gasteiger partial charge is 0.130 e. The van der Waals surface area contributed by atoms with Crippen molar-refractivity contribution in [1.82, 2.24) is 4.98 Å². The Bertz CT molecular complexity index is 362. The van der Waals surface area contributed by atoms with Crippen LogP contribution in [0.3, 0.4) is 0 Å². The molecule has 17 heavy (non-hydrogen) atoms. The third-order valence-corrected chi connectivity index (χ3v) is 2.92. The van der Waals surface area contributed by atoms with Gasteiger partial charge in [-0.2, -0.15) is 0 Å². The first kappa shape index (κ1) is 12.2. The highest BCUT2D eigenvalue weighted by atomic mass is 15.2. The van der Waals surface area contributed by atoms with Gasteiger partial charge in [0.25, 0.3) is 0 Å². The zero-order chi connectivity index (χ0) is 12.3. The minimum Gasteiger partial charge on any atom is -0.365 e. The summed E-state index contributed by atoms with van der Waals surface area (Å²) in [7, 11) is 0. The van der Waals surface area contributed by atoms with E-state index >= 15 is 0 Å². The number of rotatable bonds is 2. The number of hydrogen-bond acceptors (Lipinski definition) is 3. The van der Waals surface area contributed by atoms with Crippen molar-refractivity contribution in [3.05, 3.63) is 18.2 Å². The molecule has 0 unspecified atom stereocenters. The molecule has 0 aliphatic carbocycles. The third kappa shape index (κ3) is 3.62. The number of nitrogens with zero attached hydrogens (tertiary/aromatic N) is 2. The van der Waals surface area contributed by atoms with Gasteiger partial charge in [0, 0.05) is 18.6 Å². The first-order valence-corrected chi connectivity index (χ1v) is 6.55. The average Bonchev–Trinajstić information content (AvgIpc) is 2.28. The Hall–Kier alpha value is -1.25. The van der Waals surface area contributed by atoms with Gasteiger partial charge in [0.05, 0.1) is 0 Å². The van der Waals surface area contributed by atoms with Crippen LogP contribution in [-0.4, -0.2) is 23.6 Å². The molecule has 3 nitrogen and oxygen atoms in total. The van der Waals surface area contributed by atoms with Crippen LogP contribution in [0.2, 0.25) is 0 Å². The Morgan fingerprint density at radius 3 is 2.47 bits per heavy atom. The summed E-state index contributed by atoms with van der Waals surface area (Å²) in [5.41, 5.74) is 0.0630. The summed E-state index contributed by atoms with van der Waals surface area (Å²) in [6.45, 7) is 8.75. The van der Waals surface area contributed by atoms with Gasteiger partial charge in [0.2, 0.25) is 0 Å². The lowest BCUT2D eigenvalue weighted by molar-refractivity contribution is 0.573. The standard InChI is InChI=1S/C14H23N3/c1-14(2,3)16-12-8-7-9-13(15-12)17-10-5-4-6-11-17/h7-9H,4-6,10-11H2,1-3H3,(H,15,16). The van der Waals surface area contributed by atoms with Crippen molar-refractivity contribution >= 4 is 11.6 Å². The Labute approximate surface area is 104 Å². The number of anilines is 2. The second kappa shape index (κ2) is 4.94. The van der Waals surface area contributed by atoms with E-state index in [-0.39, 0.29) is 5.54 Å². The predicted molar refractivity (Wildman–Crippen MR) is 73.7 cm³/mol. The highest BCUT2D eigenvalue weighted by Gasteiger charge is 2.14. The molecule has 2 heterocycles. The molecule has 1 aromatic rings. The van der Waals surface area contributed by atoms with Gasteiger partial charge in [-0.1, -0.05) is 6.07 Å². The molecule has 1 fully saturated rings. The SMILES string of the molecule is CC(C)(C)Nc1cccc(N2CCCCC2)n1. The number of pyridine rings is 1. The van der Waals surface area contributed by atoms with Crippen LogP contribution >= 0.6 is 0 Å². The highest BCUT2D eigenvalue weighted by Crippen LogP contribution is 2.20. The van der Waals surface area contributed by atoms with E-state index in [1.807, 2.05) is 6.07 Å². The monoisotopic (exact) mass is 233 g/mol. The largest absolute Gasteiger partial charge is 0.365 e. The first-order valence-electron chi connectivity index (χ1n) is 6.55. The van der Waals surface area contributed by atoms with Gasteiger partial charge in [0.15, 0.2) is 0 Å². The zero-order valence-electron chi connectivity index (χ0n) is 11.2. The van der Waals surface area contributed by atoms with Crippen LogP contribution in [-0.2, 0) is 0 Å². The Morgan fingerprint density at radius 2 is 1.82 bits per heavy atom. The predicted octanol–water partition coefficient (Wildman–Crippen LogP) is 3.28. The van der Waals surface area contributed by atoms with Gasteiger partial charge in [-0.05, 0) is 52.2 Å². The molecule has 94 valence electrons. The van der Waals surface area contributed by atoms with Gasteiger partial charge in [-0.25, -0.2) is 4.98 Å². The van der Waals surface area contributed by atoms with E-state index in [4.69, 9.17) is 4.98 Å². The van der Waals surface area contributed by atoms with Crippen LogP contribution in [0.25, 0.3) is 0 Å². The molecule has 3 heteroatoms. The second-order valence-electron chi connectivity index (χ2n) is 5.80. The molecular weight excluding hydrogens is 210 g/mol. The molecule has 1 aliphatic heterocycles. The molecule has 0 atom stereocenters. The van der Waals surface area contributed by atoms with Crippen molar-refractivity contribution in [1.29, 1.82) is 0 Å². The lowest BCUT2D eigenvalue weighted by atomic mass is 10.1. The van der Waals surface area contributed by atoms with Gasteiger partial charge in [0.1, 0.15) is 11.6 Å². The summed E-state index contributed by atoms with van der Waals surface area (Å²) >= 11 is 0. The topological polar surface area (TPSA) is 28.2 Å². The molecule has 0 spiro atoms. The van der Waals surface area contributed by atoms with Crippen molar-refractivity contribution in [2.24, 2.45) is 0 Å². The van der Waals surface area contributed by atoms with Crippen LogP contribution in [0.5, 0.6) is 0 Å². The molecule has 1 aliphatic rings. The number of nitrogens with one attached hydrogen (secondary N) is 1. The van der Waals surface area contributed by atoms with Crippen molar-refractivity contribution < 1.29 is 0 Å². The van der Waals surface area contributed by atoms with Crippen molar-refractivity contribution in [3.8, 4) is 0 Å². The fourth-order valence-electron chi connectivity index (χ4n) is 2.18. The number of aromatic nitrogens is 1. The summed E-state index contributed by atoms with van der Waals surface area (Å²) in [6.07, 6.45) is 3.94. The second-order valence-corrected chi connectivity index (χ2v) is 5.80. The van der Waals surface area contributed by atoms with Gasteiger partial charge < -0.3 is 10.2 Å². The maximum atomic E-state index is 4.70. The van der Waals surface area contributed by atoms with E-state index in [2.05, 4.69) is 43.1 Å². The molecule has 0 bridgehead atoms. The third-order valence-electron chi connectivity index (χ3n) is 2.92. The summed E-state index contributed by atoms with van der Waals surface area (Å²) in [4.78, 5) is 7.08. The van der Waals surface area contributed by atoms with E-state index in [1.165, 1.54) is 19.3 Å². The minimum absolute atomic E-state index is 0.0630. The van der Waals surface area contributed by atoms with E-state index in [1.54, 1.807) is 0 Å². The first-order chi connectivity index (χ1) is 8.04. The molecular formula is C14H23N3. The zero-order valence-corrected chi connectivity index (χ0v) is 11.2. The molecule has 0 radical (unpaired) electrons. The Morgan fingerprint density at radius 1 is 1.12 bits per heavy atom. The van der Waals surface area contributed by atoms with Crippen LogP contribution in [0.15, 0.2) is 18.2 Å². The van der Waals surface area contributed by atoms with Crippen molar-refractivity contribution in [2.45, 2.75) is 45.6 Å².